The molecule has 0 aliphatic carbocycles. The number of phosphoric ester groups is 1. The largest absolute Gasteiger partial charge is 0.472 e. The number of allylic oxidation sites excluding steroid dienone is 16. The van der Waals surface area contributed by atoms with Crippen LogP contribution in [-0.4, -0.2) is 75.6 Å². The number of ether oxygens (including phenoxy) is 2. The minimum atomic E-state index is -4.29. The molecule has 0 saturated carbocycles. The molecule has 0 aromatic carbocycles. The van der Waals surface area contributed by atoms with Crippen LogP contribution in [0.15, 0.2) is 97.2 Å². The molecule has 0 radical (unpaired) electrons. The molecule has 374 valence electrons. The van der Waals surface area contributed by atoms with E-state index in [9.17, 15) is 14.3 Å². The standard InChI is InChI=1S/C56H98NO7P/c1-6-8-10-12-14-16-18-20-22-24-26-28-29-30-31-33-35-37-39-41-43-45-47-49-56(58)64-55(54-63-65(59,60)62-52-50-57(3,4)5)53-61-51-48-46-44-42-40-38-36-34-32-27-25-23-21-19-17-15-13-11-9-7-2/h8-11,14-17,20-23,26-28,32,55H,6-7,12-13,18-19,24-25,29-31,33-54H2,1-5H3/p+1/b10-8-,11-9-,16-14-,17-15-,22-20-,23-21-,28-26-,32-27-. The molecule has 0 amide bonds. The predicted octanol–water partition coefficient (Wildman–Crippen LogP) is 16.2. The van der Waals surface area contributed by atoms with Crippen molar-refractivity contribution in [3.63, 3.8) is 0 Å². The summed E-state index contributed by atoms with van der Waals surface area (Å²) in [7, 11) is 1.64. The van der Waals surface area contributed by atoms with E-state index in [1.54, 1.807) is 0 Å². The van der Waals surface area contributed by atoms with E-state index in [2.05, 4.69) is 111 Å². The topological polar surface area (TPSA) is 91.3 Å². The van der Waals surface area contributed by atoms with Gasteiger partial charge in [-0.2, -0.15) is 0 Å². The maximum absolute atomic E-state index is 12.8. The Labute approximate surface area is 400 Å². The van der Waals surface area contributed by atoms with Crippen molar-refractivity contribution in [2.75, 3.05) is 54.1 Å². The summed E-state index contributed by atoms with van der Waals surface area (Å²) < 4.78 is 35.2. The minimum absolute atomic E-state index is 0.0801. The van der Waals surface area contributed by atoms with Gasteiger partial charge in [-0.1, -0.05) is 195 Å². The molecule has 65 heavy (non-hydrogen) atoms. The van der Waals surface area contributed by atoms with Gasteiger partial charge in [-0.15, -0.1) is 0 Å². The number of carbonyl (C=O) groups excluding carboxylic acids is 1. The average molecular weight is 929 g/mol. The second kappa shape index (κ2) is 47.9. The van der Waals surface area contributed by atoms with Crippen LogP contribution in [0.2, 0.25) is 0 Å². The van der Waals surface area contributed by atoms with Gasteiger partial charge in [0.2, 0.25) is 0 Å². The maximum Gasteiger partial charge on any atom is 0.472 e. The van der Waals surface area contributed by atoms with E-state index in [0.717, 1.165) is 89.9 Å². The Balaban J connectivity index is 4.18. The van der Waals surface area contributed by atoms with Gasteiger partial charge in [0.1, 0.15) is 19.3 Å². The molecule has 1 N–H and O–H groups in total. The molecule has 0 aromatic heterocycles. The lowest BCUT2D eigenvalue weighted by atomic mass is 10.0. The Morgan fingerprint density at radius 1 is 0.477 bits per heavy atom. The molecular formula is C56H99NO7P+. The van der Waals surface area contributed by atoms with E-state index >= 15 is 0 Å². The summed E-state index contributed by atoms with van der Waals surface area (Å²) in [6.45, 7) is 5.36. The molecule has 0 bridgehead atoms. The number of hydrogen-bond donors (Lipinski definition) is 1. The zero-order valence-electron chi connectivity index (χ0n) is 42.4. The zero-order valence-corrected chi connectivity index (χ0v) is 43.3. The van der Waals surface area contributed by atoms with Crippen molar-refractivity contribution >= 4 is 13.8 Å². The van der Waals surface area contributed by atoms with Crippen molar-refractivity contribution in [2.24, 2.45) is 0 Å². The van der Waals surface area contributed by atoms with Gasteiger partial charge in [-0.05, 0) is 89.9 Å². The highest BCUT2D eigenvalue weighted by molar-refractivity contribution is 7.47. The maximum atomic E-state index is 12.8. The van der Waals surface area contributed by atoms with Gasteiger partial charge in [-0.3, -0.25) is 13.8 Å². The molecular weight excluding hydrogens is 830 g/mol. The summed E-state index contributed by atoms with van der Waals surface area (Å²) in [6.07, 6.45) is 65.9. The number of carbonyl (C=O) groups is 1. The van der Waals surface area contributed by atoms with Crippen molar-refractivity contribution in [3.8, 4) is 0 Å². The Morgan fingerprint density at radius 2 is 0.846 bits per heavy atom. The zero-order chi connectivity index (χ0) is 47.6. The number of rotatable bonds is 47. The predicted molar refractivity (Wildman–Crippen MR) is 279 cm³/mol. The van der Waals surface area contributed by atoms with Crippen LogP contribution in [-0.2, 0) is 27.9 Å². The SMILES string of the molecule is CC/C=C\C/C=C\C/C=C\C/C=C\CCCCCCCCCCCCC(=O)OC(COCCCCCCCCC/C=C\C/C=C\C/C=C\C/C=C\CC)COP(=O)(O)OCC[N+](C)(C)C. The molecule has 2 unspecified atom stereocenters. The molecule has 8 nitrogen and oxygen atoms in total. The van der Waals surface area contributed by atoms with Crippen LogP contribution in [0.4, 0.5) is 0 Å². The van der Waals surface area contributed by atoms with Crippen molar-refractivity contribution in [2.45, 2.75) is 200 Å². The number of esters is 1. The summed E-state index contributed by atoms with van der Waals surface area (Å²) >= 11 is 0. The molecule has 0 spiro atoms. The van der Waals surface area contributed by atoms with Gasteiger partial charge in [0.05, 0.1) is 34.4 Å². The molecule has 0 fully saturated rings. The Morgan fingerprint density at radius 3 is 1.26 bits per heavy atom. The second-order valence-corrected chi connectivity index (χ2v) is 19.6. The average Bonchev–Trinajstić information content (AvgIpc) is 3.27. The van der Waals surface area contributed by atoms with Gasteiger partial charge in [0.25, 0.3) is 0 Å². The molecule has 2 atom stereocenters. The van der Waals surface area contributed by atoms with Gasteiger partial charge < -0.3 is 18.9 Å². The van der Waals surface area contributed by atoms with Crippen LogP contribution in [0, 0.1) is 0 Å². The number of phosphoric acid groups is 1. The molecule has 9 heteroatoms. The van der Waals surface area contributed by atoms with E-state index in [1.807, 2.05) is 21.1 Å². The summed E-state index contributed by atoms with van der Waals surface area (Å²) in [5, 5.41) is 0. The third-order valence-electron chi connectivity index (χ3n) is 10.6. The van der Waals surface area contributed by atoms with Gasteiger partial charge in [0.15, 0.2) is 0 Å². The fraction of sp³-hybridized carbons (Fsp3) is 0.696. The summed E-state index contributed by atoms with van der Waals surface area (Å²) in [5.74, 6) is -0.326. The lowest BCUT2D eigenvalue weighted by Crippen LogP contribution is -2.37. The summed E-state index contributed by atoms with van der Waals surface area (Å²) in [5.41, 5.74) is 0. The summed E-state index contributed by atoms with van der Waals surface area (Å²) in [4.78, 5) is 23.0. The number of quaternary nitrogens is 1. The number of nitrogens with zero attached hydrogens (tertiary/aromatic N) is 1. The van der Waals surface area contributed by atoms with E-state index in [1.165, 1.54) is 83.5 Å². The van der Waals surface area contributed by atoms with E-state index < -0.39 is 13.9 Å². The van der Waals surface area contributed by atoms with E-state index in [-0.39, 0.29) is 25.8 Å². The first-order valence-electron chi connectivity index (χ1n) is 26.0. The first-order valence-corrected chi connectivity index (χ1v) is 27.5. The molecule has 0 aliphatic heterocycles. The van der Waals surface area contributed by atoms with Crippen LogP contribution in [0.1, 0.15) is 194 Å². The Bertz CT molecular complexity index is 1360. The lowest BCUT2D eigenvalue weighted by Gasteiger charge is -2.24. The van der Waals surface area contributed by atoms with Gasteiger partial charge in [0, 0.05) is 13.0 Å². The van der Waals surface area contributed by atoms with Crippen LogP contribution in [0.5, 0.6) is 0 Å². The Hall–Kier alpha value is -2.58. The second-order valence-electron chi connectivity index (χ2n) is 18.1. The van der Waals surface area contributed by atoms with Crippen LogP contribution >= 0.6 is 7.82 Å². The Kier molecular flexibility index (Phi) is 46.0. The molecule has 0 aromatic rings. The third kappa shape index (κ3) is 52.3. The molecule has 0 saturated heterocycles. The van der Waals surface area contributed by atoms with Crippen LogP contribution in [0.3, 0.4) is 0 Å². The van der Waals surface area contributed by atoms with E-state index in [0.29, 0.717) is 24.1 Å². The van der Waals surface area contributed by atoms with Crippen molar-refractivity contribution in [1.29, 1.82) is 0 Å². The van der Waals surface area contributed by atoms with Crippen molar-refractivity contribution < 1.29 is 37.3 Å². The minimum Gasteiger partial charge on any atom is -0.457 e. The fourth-order valence-electron chi connectivity index (χ4n) is 6.71. The van der Waals surface area contributed by atoms with Gasteiger partial charge in [-0.25, -0.2) is 4.57 Å². The van der Waals surface area contributed by atoms with Crippen molar-refractivity contribution in [1.82, 2.24) is 0 Å². The number of hydrogen-bond acceptors (Lipinski definition) is 6. The highest BCUT2D eigenvalue weighted by atomic mass is 31.2. The van der Waals surface area contributed by atoms with Crippen molar-refractivity contribution in [3.05, 3.63) is 97.2 Å². The van der Waals surface area contributed by atoms with Gasteiger partial charge >= 0.3 is 13.8 Å². The van der Waals surface area contributed by atoms with E-state index in [4.69, 9.17) is 18.5 Å². The highest BCUT2D eigenvalue weighted by Crippen LogP contribution is 2.43. The number of unbranched alkanes of at least 4 members (excludes halogenated alkanes) is 17. The highest BCUT2D eigenvalue weighted by Gasteiger charge is 2.26. The number of likely N-dealkylation sites (N-methyl/N-ethyl adjacent to an activating group) is 1. The first kappa shape index (κ1) is 62.4. The monoisotopic (exact) mass is 929 g/mol. The normalized spacial score (nSPS) is 14.4. The fourth-order valence-corrected chi connectivity index (χ4v) is 7.45. The first-order chi connectivity index (χ1) is 31.6. The third-order valence-corrected chi connectivity index (χ3v) is 11.6. The van der Waals surface area contributed by atoms with Crippen LogP contribution in [0.25, 0.3) is 0 Å². The molecule has 0 rings (SSSR count). The molecule has 0 heterocycles. The quantitative estimate of drug-likeness (QED) is 0.0214. The van der Waals surface area contributed by atoms with Crippen LogP contribution < -0.4 is 0 Å². The lowest BCUT2D eigenvalue weighted by molar-refractivity contribution is -0.870. The molecule has 0 aliphatic rings. The smallest absolute Gasteiger partial charge is 0.457 e. The summed E-state index contributed by atoms with van der Waals surface area (Å²) in [6, 6.07) is 0.